The molecule has 2 amide bonds. The van der Waals surface area contributed by atoms with Gasteiger partial charge in [-0.15, -0.1) is 0 Å². The summed E-state index contributed by atoms with van der Waals surface area (Å²) in [6.45, 7) is 9.72. The minimum atomic E-state index is -0.0792. The van der Waals surface area contributed by atoms with E-state index in [0.29, 0.717) is 24.6 Å². The van der Waals surface area contributed by atoms with Gasteiger partial charge >= 0.3 is 6.03 Å². The van der Waals surface area contributed by atoms with Gasteiger partial charge in [0.2, 0.25) is 0 Å². The molecule has 0 saturated carbocycles. The van der Waals surface area contributed by atoms with Crippen molar-refractivity contribution in [3.63, 3.8) is 0 Å². The Bertz CT molecular complexity index is 1070. The number of benzene rings is 2. The quantitative estimate of drug-likeness (QED) is 0.608. The van der Waals surface area contributed by atoms with Gasteiger partial charge in [-0.3, -0.25) is 9.80 Å². The second-order valence-electron chi connectivity index (χ2n) is 7.49. The van der Waals surface area contributed by atoms with Crippen molar-refractivity contribution < 1.29 is 4.79 Å². The van der Waals surface area contributed by atoms with E-state index in [1.165, 1.54) is 11.1 Å². The molecule has 1 aliphatic rings. The molecule has 5 heteroatoms. The first-order valence-electron chi connectivity index (χ1n) is 9.97. The number of rotatable bonds is 5. The Balaban J connectivity index is 1.92. The molecule has 0 saturated heterocycles. The molecule has 0 N–H and O–H groups in total. The van der Waals surface area contributed by atoms with E-state index in [1.54, 1.807) is 16.8 Å². The van der Waals surface area contributed by atoms with E-state index in [1.807, 2.05) is 24.3 Å². The fourth-order valence-electron chi connectivity index (χ4n) is 3.85. The SMILES string of the molecule is C=C1c2c(nc(-c3cccc(C)c3)n2Cc2ccccc2)N(C)C(=O)N1CCC. The second-order valence-corrected chi connectivity index (χ2v) is 7.49. The first-order valence-corrected chi connectivity index (χ1v) is 9.97. The average molecular weight is 386 g/mol. The summed E-state index contributed by atoms with van der Waals surface area (Å²) in [4.78, 5) is 21.2. The third-order valence-corrected chi connectivity index (χ3v) is 5.29. The van der Waals surface area contributed by atoms with Crippen molar-refractivity contribution in [2.24, 2.45) is 0 Å². The number of urea groups is 1. The minimum Gasteiger partial charge on any atom is -0.316 e. The predicted octanol–water partition coefficient (Wildman–Crippen LogP) is 5.16. The van der Waals surface area contributed by atoms with Gasteiger partial charge in [-0.25, -0.2) is 9.78 Å². The van der Waals surface area contributed by atoms with Crippen LogP contribution in [-0.4, -0.2) is 34.1 Å². The lowest BCUT2D eigenvalue weighted by Crippen LogP contribution is -2.44. The summed E-state index contributed by atoms with van der Waals surface area (Å²) in [5, 5.41) is 0. The number of aromatic nitrogens is 2. The Kier molecular flexibility index (Phi) is 4.97. The number of aryl methyl sites for hydroxylation is 1. The highest BCUT2D eigenvalue weighted by atomic mass is 16.2. The van der Waals surface area contributed by atoms with E-state index in [9.17, 15) is 4.79 Å². The molecule has 1 aromatic heterocycles. The summed E-state index contributed by atoms with van der Waals surface area (Å²) in [7, 11) is 1.79. The molecular formula is C24H26N4O. The summed E-state index contributed by atoms with van der Waals surface area (Å²) in [6, 6.07) is 18.5. The highest BCUT2D eigenvalue weighted by molar-refractivity contribution is 6.03. The topological polar surface area (TPSA) is 41.4 Å². The normalized spacial score (nSPS) is 13.8. The van der Waals surface area contributed by atoms with Crippen molar-refractivity contribution in [1.29, 1.82) is 0 Å². The molecule has 0 fully saturated rings. The van der Waals surface area contributed by atoms with Gasteiger partial charge in [-0.2, -0.15) is 0 Å². The molecule has 0 spiro atoms. The van der Waals surface area contributed by atoms with Crippen LogP contribution in [0.1, 0.15) is 30.2 Å². The fraction of sp³-hybridized carbons (Fsp3) is 0.250. The van der Waals surface area contributed by atoms with Crippen LogP contribution < -0.4 is 4.90 Å². The fourth-order valence-corrected chi connectivity index (χ4v) is 3.85. The molecule has 2 heterocycles. The lowest BCUT2D eigenvalue weighted by atomic mass is 10.1. The number of nitrogens with zero attached hydrogens (tertiary/aromatic N) is 4. The van der Waals surface area contributed by atoms with Gasteiger partial charge in [0.25, 0.3) is 0 Å². The van der Waals surface area contributed by atoms with Gasteiger partial charge in [0.1, 0.15) is 11.5 Å². The van der Waals surface area contributed by atoms with Gasteiger partial charge < -0.3 is 4.57 Å². The molecular weight excluding hydrogens is 360 g/mol. The molecule has 1 aliphatic heterocycles. The number of imidazole rings is 1. The largest absolute Gasteiger partial charge is 0.329 e. The van der Waals surface area contributed by atoms with Crippen molar-refractivity contribution >= 4 is 17.5 Å². The zero-order chi connectivity index (χ0) is 20.5. The Morgan fingerprint density at radius 1 is 1.07 bits per heavy atom. The van der Waals surface area contributed by atoms with Gasteiger partial charge in [-0.05, 0) is 25.0 Å². The van der Waals surface area contributed by atoms with Gasteiger partial charge in [0, 0.05) is 25.7 Å². The predicted molar refractivity (Wildman–Crippen MR) is 118 cm³/mol. The summed E-state index contributed by atoms with van der Waals surface area (Å²) in [6.07, 6.45) is 0.867. The molecule has 0 unspecified atom stereocenters. The van der Waals surface area contributed by atoms with Crippen LogP contribution >= 0.6 is 0 Å². The number of carbonyl (C=O) groups is 1. The highest BCUT2D eigenvalue weighted by Gasteiger charge is 2.36. The number of fused-ring (bicyclic) bond motifs is 1. The van der Waals surface area contributed by atoms with Crippen molar-refractivity contribution in [2.45, 2.75) is 26.8 Å². The first kappa shape index (κ1) is 19.0. The summed E-state index contributed by atoms with van der Waals surface area (Å²) in [5.74, 6) is 1.52. The molecule has 29 heavy (non-hydrogen) atoms. The van der Waals surface area contributed by atoms with Crippen molar-refractivity contribution in [1.82, 2.24) is 14.5 Å². The maximum Gasteiger partial charge on any atom is 0.329 e. The Labute approximate surface area is 171 Å². The number of hydrogen-bond donors (Lipinski definition) is 0. The molecule has 5 nitrogen and oxygen atoms in total. The van der Waals surface area contributed by atoms with Crippen molar-refractivity contribution in [3.05, 3.63) is 78.0 Å². The molecule has 0 bridgehead atoms. The van der Waals surface area contributed by atoms with Crippen molar-refractivity contribution in [2.75, 3.05) is 18.5 Å². The van der Waals surface area contributed by atoms with Crippen LogP contribution in [0.3, 0.4) is 0 Å². The van der Waals surface area contributed by atoms with E-state index in [4.69, 9.17) is 4.98 Å². The van der Waals surface area contributed by atoms with Crippen molar-refractivity contribution in [3.8, 4) is 11.4 Å². The van der Waals surface area contributed by atoms with Crippen LogP contribution in [0.4, 0.5) is 10.6 Å². The Morgan fingerprint density at radius 3 is 2.52 bits per heavy atom. The van der Waals surface area contributed by atoms with Crippen LogP contribution in [-0.2, 0) is 6.54 Å². The lowest BCUT2D eigenvalue weighted by molar-refractivity contribution is 0.224. The smallest absolute Gasteiger partial charge is 0.316 e. The van der Waals surface area contributed by atoms with E-state index in [2.05, 4.69) is 55.3 Å². The monoisotopic (exact) mass is 386 g/mol. The minimum absolute atomic E-state index is 0.0792. The maximum atomic E-state index is 12.9. The van der Waals surface area contributed by atoms with E-state index in [-0.39, 0.29) is 6.03 Å². The Morgan fingerprint density at radius 2 is 1.83 bits per heavy atom. The number of hydrogen-bond acceptors (Lipinski definition) is 2. The number of carbonyl (C=O) groups excluding carboxylic acids is 1. The van der Waals surface area contributed by atoms with Crippen LogP contribution in [0.15, 0.2) is 61.2 Å². The molecule has 3 aromatic rings. The second kappa shape index (κ2) is 7.59. The van der Waals surface area contributed by atoms with Crippen LogP contribution in [0.2, 0.25) is 0 Å². The van der Waals surface area contributed by atoms with E-state index in [0.717, 1.165) is 23.5 Å². The van der Waals surface area contributed by atoms with Gasteiger partial charge in [0.05, 0.1) is 5.70 Å². The summed E-state index contributed by atoms with van der Waals surface area (Å²) < 4.78 is 2.19. The van der Waals surface area contributed by atoms with Crippen LogP contribution in [0.25, 0.3) is 17.1 Å². The number of anilines is 1. The van der Waals surface area contributed by atoms with E-state index >= 15 is 0 Å². The lowest BCUT2D eigenvalue weighted by Gasteiger charge is -2.34. The van der Waals surface area contributed by atoms with Gasteiger partial charge in [0.15, 0.2) is 5.82 Å². The zero-order valence-electron chi connectivity index (χ0n) is 17.2. The Hall–Kier alpha value is -3.34. The molecule has 4 rings (SSSR count). The molecule has 0 radical (unpaired) electrons. The third-order valence-electron chi connectivity index (χ3n) is 5.29. The van der Waals surface area contributed by atoms with E-state index < -0.39 is 0 Å². The average Bonchev–Trinajstić information content (AvgIpc) is 3.10. The molecule has 2 aromatic carbocycles. The molecule has 0 aliphatic carbocycles. The third kappa shape index (κ3) is 3.33. The summed E-state index contributed by atoms with van der Waals surface area (Å²) in [5.41, 5.74) is 5.00. The van der Waals surface area contributed by atoms with Crippen LogP contribution in [0, 0.1) is 6.92 Å². The number of amides is 2. The molecule has 148 valence electrons. The highest BCUT2D eigenvalue weighted by Crippen LogP contribution is 2.38. The van der Waals surface area contributed by atoms with Crippen LogP contribution in [0.5, 0.6) is 0 Å². The molecule has 0 atom stereocenters. The maximum absolute atomic E-state index is 12.9. The first-order chi connectivity index (χ1) is 14.0. The van der Waals surface area contributed by atoms with Gasteiger partial charge in [-0.1, -0.05) is 67.6 Å². The summed E-state index contributed by atoms with van der Waals surface area (Å²) >= 11 is 0. The standard InChI is InChI=1S/C24H26N4O/c1-5-14-27-18(3)21-23(26(4)24(27)29)25-22(20-13-9-10-17(2)15-20)28(21)16-19-11-7-6-8-12-19/h6-13,15H,3,5,14,16H2,1-2,4H3. The zero-order valence-corrected chi connectivity index (χ0v) is 17.2.